The van der Waals surface area contributed by atoms with Crippen LogP contribution < -0.4 is 5.32 Å². The fourth-order valence-electron chi connectivity index (χ4n) is 3.71. The molecule has 3 aromatic rings. The molecule has 1 atom stereocenters. The van der Waals surface area contributed by atoms with Gasteiger partial charge in [0.2, 0.25) is 0 Å². The summed E-state index contributed by atoms with van der Waals surface area (Å²) >= 11 is 0. The van der Waals surface area contributed by atoms with Gasteiger partial charge < -0.3 is 5.32 Å². The number of hydrogen-bond donors (Lipinski definition) is 1. The van der Waals surface area contributed by atoms with Crippen LogP contribution in [0.1, 0.15) is 39.6 Å². The van der Waals surface area contributed by atoms with Crippen molar-refractivity contribution in [3.63, 3.8) is 0 Å². The van der Waals surface area contributed by atoms with E-state index in [9.17, 15) is 13.2 Å². The molecule has 7 heteroatoms. The second kappa shape index (κ2) is 7.72. The molecule has 0 bridgehead atoms. The van der Waals surface area contributed by atoms with E-state index in [4.69, 9.17) is 0 Å². The summed E-state index contributed by atoms with van der Waals surface area (Å²) in [6, 6.07) is 15.1. The highest BCUT2D eigenvalue weighted by molar-refractivity contribution is 7.91. The van der Waals surface area contributed by atoms with Crippen molar-refractivity contribution < 1.29 is 13.2 Å². The normalized spacial score (nSPS) is 17.8. The number of nitrogens with zero attached hydrogens (tertiary/aromatic N) is 2. The van der Waals surface area contributed by atoms with Crippen LogP contribution in [0.5, 0.6) is 0 Å². The van der Waals surface area contributed by atoms with Crippen LogP contribution >= 0.6 is 0 Å². The summed E-state index contributed by atoms with van der Waals surface area (Å²) in [5.74, 6) is -0.118. The molecule has 1 fully saturated rings. The van der Waals surface area contributed by atoms with Crippen molar-refractivity contribution in [3.8, 4) is 11.3 Å². The van der Waals surface area contributed by atoms with Crippen molar-refractivity contribution in [2.75, 3.05) is 16.8 Å². The van der Waals surface area contributed by atoms with Crippen molar-refractivity contribution >= 4 is 21.4 Å². The monoisotopic (exact) mass is 423 g/mol. The smallest absolute Gasteiger partial charge is 0.276 e. The molecule has 0 unspecified atom stereocenters. The van der Waals surface area contributed by atoms with Gasteiger partial charge in [0, 0.05) is 5.69 Å². The Morgan fingerprint density at radius 1 is 1.03 bits per heavy atom. The summed E-state index contributed by atoms with van der Waals surface area (Å²) in [5, 5.41) is 7.43. The Morgan fingerprint density at radius 3 is 2.40 bits per heavy atom. The Morgan fingerprint density at radius 2 is 1.77 bits per heavy atom. The summed E-state index contributed by atoms with van der Waals surface area (Å²) in [5.41, 5.74) is 6.01. The average molecular weight is 424 g/mol. The van der Waals surface area contributed by atoms with Gasteiger partial charge in [0.1, 0.15) is 0 Å². The van der Waals surface area contributed by atoms with Crippen molar-refractivity contribution in [1.82, 2.24) is 9.78 Å². The van der Waals surface area contributed by atoms with Crippen LogP contribution in [0.15, 0.2) is 48.5 Å². The molecule has 0 aliphatic carbocycles. The summed E-state index contributed by atoms with van der Waals surface area (Å²) in [7, 11) is -3.08. The molecule has 1 aliphatic heterocycles. The van der Waals surface area contributed by atoms with Crippen LogP contribution in [0.3, 0.4) is 0 Å². The van der Waals surface area contributed by atoms with Gasteiger partial charge in [-0.15, -0.1) is 0 Å². The lowest BCUT2D eigenvalue weighted by atomic mass is 10.1. The number of benzene rings is 2. The molecular formula is C23H25N3O3S. The largest absolute Gasteiger partial charge is 0.321 e. The quantitative estimate of drug-likeness (QED) is 0.685. The zero-order valence-corrected chi connectivity index (χ0v) is 18.2. The molecule has 30 heavy (non-hydrogen) atoms. The fraction of sp³-hybridized carbons (Fsp3) is 0.304. The number of aromatic nitrogens is 2. The lowest BCUT2D eigenvalue weighted by Crippen LogP contribution is -2.16. The lowest BCUT2D eigenvalue weighted by molar-refractivity contribution is 0.102. The van der Waals surface area contributed by atoms with Gasteiger partial charge in [-0.05, 0) is 62.1 Å². The van der Waals surface area contributed by atoms with Crippen molar-refractivity contribution in [2.45, 2.75) is 33.2 Å². The standard InChI is InChI=1S/C23H25N3O3S/c1-15-4-7-18(8-5-15)22-13-21(25-26(22)20-10-11-30(28,29)14-20)23(27)24-19-9-6-16(2)17(3)12-19/h4-9,12-13,20H,10-11,14H2,1-3H3,(H,24,27)/t20-/m0/s1. The molecule has 1 amide bonds. The molecule has 0 spiro atoms. The molecule has 156 valence electrons. The number of rotatable bonds is 4. The zero-order chi connectivity index (χ0) is 21.5. The van der Waals surface area contributed by atoms with Crippen LogP contribution in [0.2, 0.25) is 0 Å². The van der Waals surface area contributed by atoms with E-state index in [1.54, 1.807) is 10.7 Å². The van der Waals surface area contributed by atoms with Crippen LogP contribution in [-0.2, 0) is 9.84 Å². The maximum absolute atomic E-state index is 12.9. The van der Waals surface area contributed by atoms with E-state index in [-0.39, 0.29) is 29.1 Å². The zero-order valence-electron chi connectivity index (χ0n) is 17.3. The van der Waals surface area contributed by atoms with Crippen LogP contribution in [-0.4, -0.2) is 35.6 Å². The highest BCUT2D eigenvalue weighted by Gasteiger charge is 2.32. The van der Waals surface area contributed by atoms with E-state index < -0.39 is 9.84 Å². The molecule has 6 nitrogen and oxygen atoms in total. The van der Waals surface area contributed by atoms with E-state index in [0.29, 0.717) is 12.1 Å². The number of amides is 1. The fourth-order valence-corrected chi connectivity index (χ4v) is 5.40. The van der Waals surface area contributed by atoms with Gasteiger partial charge in [0.05, 0.1) is 23.2 Å². The topological polar surface area (TPSA) is 81.1 Å². The number of anilines is 1. The molecule has 1 N–H and O–H groups in total. The molecule has 0 saturated carbocycles. The van der Waals surface area contributed by atoms with Gasteiger partial charge in [-0.2, -0.15) is 5.10 Å². The van der Waals surface area contributed by atoms with Gasteiger partial charge in [-0.25, -0.2) is 8.42 Å². The Labute approximate surface area is 176 Å². The number of carbonyl (C=O) groups is 1. The Balaban J connectivity index is 1.70. The predicted octanol–water partition coefficient (Wildman–Crippen LogP) is 4.09. The van der Waals surface area contributed by atoms with Crippen LogP contribution in [0.25, 0.3) is 11.3 Å². The first kappa shape index (κ1) is 20.3. The SMILES string of the molecule is Cc1ccc(-c2cc(C(=O)Nc3ccc(C)c(C)c3)nn2[C@H]2CCS(=O)(=O)C2)cc1. The highest BCUT2D eigenvalue weighted by atomic mass is 32.2. The van der Waals surface area contributed by atoms with Crippen molar-refractivity contribution in [2.24, 2.45) is 0 Å². The molecule has 1 saturated heterocycles. The van der Waals surface area contributed by atoms with Gasteiger partial charge in [0.15, 0.2) is 15.5 Å². The number of sulfone groups is 1. The molecule has 1 aliphatic rings. The summed E-state index contributed by atoms with van der Waals surface area (Å²) in [6.07, 6.45) is 0.501. The third kappa shape index (κ3) is 4.16. The van der Waals surface area contributed by atoms with Gasteiger partial charge >= 0.3 is 0 Å². The third-order valence-electron chi connectivity index (χ3n) is 5.63. The number of carbonyl (C=O) groups excluding carboxylic acids is 1. The molecule has 4 rings (SSSR count). The summed E-state index contributed by atoms with van der Waals surface area (Å²) in [4.78, 5) is 12.9. The van der Waals surface area contributed by atoms with Crippen LogP contribution in [0, 0.1) is 20.8 Å². The number of aryl methyl sites for hydroxylation is 3. The minimum Gasteiger partial charge on any atom is -0.321 e. The minimum atomic E-state index is -3.08. The Hall–Kier alpha value is -2.93. The van der Waals surface area contributed by atoms with Crippen LogP contribution in [0.4, 0.5) is 5.69 Å². The molecule has 2 aromatic carbocycles. The van der Waals surface area contributed by atoms with Crippen molar-refractivity contribution in [1.29, 1.82) is 0 Å². The Bertz CT molecular complexity index is 1210. The average Bonchev–Trinajstić information content (AvgIpc) is 3.29. The first-order valence-electron chi connectivity index (χ1n) is 9.97. The van der Waals surface area contributed by atoms with Crippen molar-refractivity contribution in [3.05, 3.63) is 70.9 Å². The lowest BCUT2D eigenvalue weighted by Gasteiger charge is -2.13. The van der Waals surface area contributed by atoms with Gasteiger partial charge in [-0.1, -0.05) is 35.9 Å². The van der Waals surface area contributed by atoms with E-state index in [0.717, 1.165) is 27.9 Å². The second-order valence-corrected chi connectivity index (χ2v) is 10.3. The highest BCUT2D eigenvalue weighted by Crippen LogP contribution is 2.30. The van der Waals surface area contributed by atoms with Gasteiger partial charge in [0.25, 0.3) is 5.91 Å². The summed E-state index contributed by atoms with van der Waals surface area (Å²) in [6.45, 7) is 6.02. The predicted molar refractivity (Wildman–Crippen MR) is 119 cm³/mol. The third-order valence-corrected chi connectivity index (χ3v) is 7.39. The maximum Gasteiger partial charge on any atom is 0.276 e. The first-order chi connectivity index (χ1) is 14.2. The first-order valence-corrected chi connectivity index (χ1v) is 11.8. The molecular weight excluding hydrogens is 398 g/mol. The molecule has 2 heterocycles. The van der Waals surface area contributed by atoms with E-state index in [1.165, 1.54) is 0 Å². The minimum absolute atomic E-state index is 0.0474. The molecule has 0 radical (unpaired) electrons. The molecule has 1 aromatic heterocycles. The number of hydrogen-bond acceptors (Lipinski definition) is 4. The maximum atomic E-state index is 12.9. The summed E-state index contributed by atoms with van der Waals surface area (Å²) < 4.78 is 25.8. The second-order valence-electron chi connectivity index (χ2n) is 8.04. The Kier molecular flexibility index (Phi) is 5.24. The number of nitrogens with one attached hydrogen (secondary N) is 1. The van der Waals surface area contributed by atoms with E-state index in [2.05, 4.69) is 10.4 Å². The van der Waals surface area contributed by atoms with E-state index >= 15 is 0 Å². The van der Waals surface area contributed by atoms with Gasteiger partial charge in [-0.3, -0.25) is 9.48 Å². The van der Waals surface area contributed by atoms with E-state index in [1.807, 2.05) is 63.2 Å².